The summed E-state index contributed by atoms with van der Waals surface area (Å²) in [6.45, 7) is 4.10. The molecule has 2 saturated heterocycles. The third-order valence-corrected chi connectivity index (χ3v) is 5.29. The molecule has 0 saturated carbocycles. The first kappa shape index (κ1) is 22.5. The molecule has 0 aromatic carbocycles. The van der Waals surface area contributed by atoms with Crippen LogP contribution in [0.5, 0.6) is 0 Å². The van der Waals surface area contributed by atoms with Crippen molar-refractivity contribution in [3.8, 4) is 0 Å². The van der Waals surface area contributed by atoms with Crippen molar-refractivity contribution in [1.82, 2.24) is 20.4 Å². The second-order valence-electron chi connectivity index (χ2n) is 7.49. The number of aliphatic hydroxyl groups excluding tert-OH is 1. The standard InChI is InChI=1S/C17H24N4O5.CH2O2/c1-11(22)18-16(2)10-17(26-9-13(16)23)5-7-21(8-6-17)15(25)12-3-4-14(24)20-19-12;2-1-3/h3-4,13,23H,5-10H2,1-2H3,(H,18,22)(H,20,24);1H,(H,2,3)/t13-,16-;/m1./s1. The highest BCUT2D eigenvalue weighted by molar-refractivity contribution is 5.92. The number of ether oxygens (including phenoxy) is 1. The van der Waals surface area contributed by atoms with E-state index in [-0.39, 0.29) is 36.1 Å². The van der Waals surface area contributed by atoms with Gasteiger partial charge in [0.15, 0.2) is 0 Å². The summed E-state index contributed by atoms with van der Waals surface area (Å²) in [5.41, 5.74) is -1.39. The SMILES string of the molecule is CC(=O)N[C@]1(C)CC2(CCN(C(=O)c3ccc(=O)[nH]n3)CC2)OC[C@H]1O.O=CO. The van der Waals surface area contributed by atoms with Crippen molar-refractivity contribution in [1.29, 1.82) is 0 Å². The van der Waals surface area contributed by atoms with Gasteiger partial charge >= 0.3 is 0 Å². The molecule has 0 radical (unpaired) electrons. The maximum Gasteiger partial charge on any atom is 0.290 e. The Hall–Kier alpha value is -2.79. The molecule has 4 N–H and O–H groups in total. The number of aromatic amines is 1. The molecule has 2 aliphatic rings. The number of carboxylic acid groups (broad SMARTS) is 1. The van der Waals surface area contributed by atoms with E-state index in [1.165, 1.54) is 19.1 Å². The van der Waals surface area contributed by atoms with Gasteiger partial charge in [0.25, 0.3) is 17.9 Å². The normalized spacial score (nSPS) is 25.5. The fraction of sp³-hybridized carbons (Fsp3) is 0.611. The van der Waals surface area contributed by atoms with Crippen molar-refractivity contribution in [2.75, 3.05) is 19.7 Å². The third kappa shape index (κ3) is 5.39. The number of likely N-dealkylation sites (tertiary alicyclic amines) is 1. The zero-order valence-corrected chi connectivity index (χ0v) is 16.4. The summed E-state index contributed by atoms with van der Waals surface area (Å²) in [5, 5.41) is 26.0. The van der Waals surface area contributed by atoms with Crippen LogP contribution in [0.4, 0.5) is 0 Å². The van der Waals surface area contributed by atoms with Crippen molar-refractivity contribution < 1.29 is 29.3 Å². The van der Waals surface area contributed by atoms with Gasteiger partial charge in [-0.15, -0.1) is 0 Å². The fourth-order valence-corrected chi connectivity index (χ4v) is 3.87. The van der Waals surface area contributed by atoms with Crippen LogP contribution >= 0.6 is 0 Å². The van der Waals surface area contributed by atoms with Gasteiger partial charge in [0.2, 0.25) is 5.91 Å². The molecule has 2 atom stereocenters. The molecule has 0 bridgehead atoms. The molecule has 0 aliphatic carbocycles. The van der Waals surface area contributed by atoms with Crippen LogP contribution < -0.4 is 10.9 Å². The Balaban J connectivity index is 0.000000941. The van der Waals surface area contributed by atoms with Crippen molar-refractivity contribution >= 4 is 18.3 Å². The lowest BCUT2D eigenvalue weighted by Crippen LogP contribution is -2.65. The highest BCUT2D eigenvalue weighted by Crippen LogP contribution is 2.39. The van der Waals surface area contributed by atoms with Gasteiger partial charge in [0, 0.05) is 32.5 Å². The number of hydrogen-bond acceptors (Lipinski definition) is 7. The van der Waals surface area contributed by atoms with Crippen molar-refractivity contribution in [3.63, 3.8) is 0 Å². The van der Waals surface area contributed by atoms with Crippen LogP contribution in [-0.4, -0.2) is 80.5 Å². The number of hydrogen-bond donors (Lipinski definition) is 4. The van der Waals surface area contributed by atoms with Crippen LogP contribution in [0, 0.1) is 0 Å². The minimum absolute atomic E-state index is 0.145. The molecule has 11 nitrogen and oxygen atoms in total. The van der Waals surface area contributed by atoms with Gasteiger partial charge in [-0.05, 0) is 25.8 Å². The Labute approximate surface area is 167 Å². The van der Waals surface area contributed by atoms with Crippen molar-refractivity contribution in [2.24, 2.45) is 0 Å². The number of nitrogens with one attached hydrogen (secondary N) is 2. The molecule has 3 rings (SSSR count). The van der Waals surface area contributed by atoms with Crippen molar-refractivity contribution in [2.45, 2.75) is 50.4 Å². The molecule has 3 heterocycles. The number of carbonyl (C=O) groups excluding carboxylic acids is 2. The van der Waals surface area contributed by atoms with Crippen molar-refractivity contribution in [3.05, 3.63) is 28.2 Å². The summed E-state index contributed by atoms with van der Waals surface area (Å²) < 4.78 is 5.94. The van der Waals surface area contributed by atoms with Crippen LogP contribution in [0.1, 0.15) is 43.6 Å². The maximum atomic E-state index is 12.5. The number of aromatic nitrogens is 2. The predicted octanol–water partition coefficient (Wildman–Crippen LogP) is -0.878. The summed E-state index contributed by atoms with van der Waals surface area (Å²) in [4.78, 5) is 45.1. The van der Waals surface area contributed by atoms with Gasteiger partial charge in [0.05, 0.1) is 17.7 Å². The Bertz CT molecular complexity index is 783. The minimum atomic E-state index is -0.776. The zero-order chi connectivity index (χ0) is 21.7. The van der Waals surface area contributed by atoms with E-state index in [4.69, 9.17) is 14.6 Å². The summed E-state index contributed by atoms with van der Waals surface area (Å²) in [6, 6.07) is 2.68. The van der Waals surface area contributed by atoms with Crippen LogP contribution in [0.15, 0.2) is 16.9 Å². The average molecular weight is 410 g/mol. The molecular formula is C18H26N4O7. The number of carbonyl (C=O) groups is 3. The molecule has 0 unspecified atom stereocenters. The first-order valence-corrected chi connectivity index (χ1v) is 9.18. The molecule has 2 fully saturated rings. The van der Waals surface area contributed by atoms with Gasteiger partial charge in [-0.25, -0.2) is 5.10 Å². The molecule has 160 valence electrons. The molecule has 2 aliphatic heterocycles. The molecule has 2 amide bonds. The fourth-order valence-electron chi connectivity index (χ4n) is 3.87. The number of piperidine rings is 1. The number of aliphatic hydroxyl groups is 1. The van der Waals surface area contributed by atoms with Crippen LogP contribution in [0.25, 0.3) is 0 Å². The van der Waals surface area contributed by atoms with E-state index in [9.17, 15) is 19.5 Å². The molecular weight excluding hydrogens is 384 g/mol. The summed E-state index contributed by atoms with van der Waals surface area (Å²) in [6.07, 6.45) is 0.912. The first-order valence-electron chi connectivity index (χ1n) is 9.18. The van der Waals surface area contributed by atoms with Gasteiger partial charge in [0.1, 0.15) is 11.8 Å². The van der Waals surface area contributed by atoms with E-state index >= 15 is 0 Å². The van der Waals surface area contributed by atoms with Gasteiger partial charge < -0.3 is 25.2 Å². The number of nitrogens with zero attached hydrogens (tertiary/aromatic N) is 2. The molecule has 1 aromatic heterocycles. The number of rotatable bonds is 2. The molecule has 11 heteroatoms. The Morgan fingerprint density at radius 3 is 2.52 bits per heavy atom. The topological polar surface area (TPSA) is 162 Å². The second-order valence-corrected chi connectivity index (χ2v) is 7.49. The summed E-state index contributed by atoms with van der Waals surface area (Å²) in [5.74, 6) is -0.433. The first-order chi connectivity index (χ1) is 13.6. The highest BCUT2D eigenvalue weighted by atomic mass is 16.5. The lowest BCUT2D eigenvalue weighted by atomic mass is 9.74. The van der Waals surface area contributed by atoms with Crippen LogP contribution in [-0.2, 0) is 14.3 Å². The van der Waals surface area contributed by atoms with Gasteiger partial charge in [-0.2, -0.15) is 5.10 Å². The predicted molar refractivity (Wildman–Crippen MR) is 100 cm³/mol. The van der Waals surface area contributed by atoms with Gasteiger partial charge in [-0.3, -0.25) is 19.2 Å². The summed E-state index contributed by atoms with van der Waals surface area (Å²) >= 11 is 0. The Morgan fingerprint density at radius 2 is 2.00 bits per heavy atom. The summed E-state index contributed by atoms with van der Waals surface area (Å²) in [7, 11) is 0. The van der Waals surface area contributed by atoms with E-state index in [0.29, 0.717) is 32.4 Å². The Kier molecular flexibility index (Phi) is 7.09. The highest BCUT2D eigenvalue weighted by Gasteiger charge is 2.50. The molecule has 29 heavy (non-hydrogen) atoms. The lowest BCUT2D eigenvalue weighted by molar-refractivity contribution is -0.179. The van der Waals surface area contributed by atoms with E-state index in [1.807, 2.05) is 6.92 Å². The average Bonchev–Trinajstić information content (AvgIpc) is 2.66. The second kappa shape index (κ2) is 9.14. The van der Waals surface area contributed by atoms with E-state index in [1.54, 1.807) is 4.90 Å². The number of amides is 2. The van der Waals surface area contributed by atoms with E-state index < -0.39 is 17.2 Å². The monoisotopic (exact) mass is 410 g/mol. The third-order valence-electron chi connectivity index (χ3n) is 5.29. The molecule has 1 spiro atoms. The lowest BCUT2D eigenvalue weighted by Gasteiger charge is -2.51. The van der Waals surface area contributed by atoms with E-state index in [2.05, 4.69) is 15.5 Å². The van der Waals surface area contributed by atoms with Gasteiger partial charge in [-0.1, -0.05) is 0 Å². The quantitative estimate of drug-likeness (QED) is 0.457. The minimum Gasteiger partial charge on any atom is -0.483 e. The Morgan fingerprint density at radius 1 is 1.38 bits per heavy atom. The smallest absolute Gasteiger partial charge is 0.290 e. The van der Waals surface area contributed by atoms with E-state index in [0.717, 1.165) is 0 Å². The zero-order valence-electron chi connectivity index (χ0n) is 16.4. The largest absolute Gasteiger partial charge is 0.483 e. The van der Waals surface area contributed by atoms with Crippen LogP contribution in [0.3, 0.4) is 0 Å². The maximum absolute atomic E-state index is 12.5. The molecule has 1 aromatic rings. The van der Waals surface area contributed by atoms with Crippen LogP contribution in [0.2, 0.25) is 0 Å². The number of H-pyrrole nitrogens is 1.